The van der Waals surface area contributed by atoms with Crippen molar-refractivity contribution in [2.45, 2.75) is 36.9 Å². The summed E-state index contributed by atoms with van der Waals surface area (Å²) in [6.07, 6.45) is 3.37. The highest BCUT2D eigenvalue weighted by atomic mass is 32.2. The number of pyridine rings is 1. The largest absolute Gasteiger partial charge is 0.337 e. The third-order valence-electron chi connectivity index (χ3n) is 5.09. The summed E-state index contributed by atoms with van der Waals surface area (Å²) >= 11 is 0. The van der Waals surface area contributed by atoms with Crippen LogP contribution in [0.3, 0.4) is 0 Å². The molecule has 1 saturated carbocycles. The number of carbonyl (C=O) groups excluding carboxylic acids is 1. The number of sulfonamides is 1. The van der Waals surface area contributed by atoms with Gasteiger partial charge >= 0.3 is 0 Å². The summed E-state index contributed by atoms with van der Waals surface area (Å²) in [6, 6.07) is 9.51. The zero-order valence-corrected chi connectivity index (χ0v) is 14.7. The Labute approximate surface area is 147 Å². The van der Waals surface area contributed by atoms with Gasteiger partial charge in [-0.2, -0.15) is 0 Å². The minimum atomic E-state index is -3.63. The first-order valence-corrected chi connectivity index (χ1v) is 10.2. The smallest absolute Gasteiger partial charge is 0.254 e. The van der Waals surface area contributed by atoms with E-state index < -0.39 is 15.3 Å². The number of primary sulfonamides is 1. The normalized spacial score (nSPS) is 21.5. The Hall–Kier alpha value is -1.99. The fourth-order valence-electron chi connectivity index (χ4n) is 3.52. The molecule has 2 aromatic rings. The summed E-state index contributed by atoms with van der Waals surface area (Å²) in [6.45, 7) is 0.716. The van der Waals surface area contributed by atoms with Gasteiger partial charge in [0.25, 0.3) is 5.91 Å². The number of benzene rings is 1. The quantitative estimate of drug-likeness (QED) is 0.907. The van der Waals surface area contributed by atoms with Gasteiger partial charge in [-0.25, -0.2) is 13.6 Å². The van der Waals surface area contributed by atoms with E-state index in [0.29, 0.717) is 30.9 Å². The molecule has 1 aliphatic heterocycles. The summed E-state index contributed by atoms with van der Waals surface area (Å²) < 4.78 is 23.4. The van der Waals surface area contributed by atoms with E-state index in [2.05, 4.69) is 0 Å². The number of piperidine rings is 1. The molecule has 2 heterocycles. The molecule has 1 aromatic carbocycles. The average Bonchev–Trinajstić information content (AvgIpc) is 3.45. The zero-order chi connectivity index (χ0) is 17.6. The molecule has 0 radical (unpaired) electrons. The highest BCUT2D eigenvalue weighted by Crippen LogP contribution is 2.40. The predicted molar refractivity (Wildman–Crippen MR) is 95.8 cm³/mol. The lowest BCUT2D eigenvalue weighted by Crippen LogP contribution is -2.47. The molecule has 0 bridgehead atoms. The van der Waals surface area contributed by atoms with E-state index in [1.807, 2.05) is 30.3 Å². The second kappa shape index (κ2) is 6.07. The van der Waals surface area contributed by atoms with Crippen LogP contribution >= 0.6 is 0 Å². The Morgan fingerprint density at radius 1 is 1.20 bits per heavy atom. The first kappa shape index (κ1) is 16.5. The van der Waals surface area contributed by atoms with Crippen molar-refractivity contribution in [3.8, 4) is 0 Å². The number of aromatic nitrogens is 1. The van der Waals surface area contributed by atoms with Gasteiger partial charge < -0.3 is 4.90 Å². The zero-order valence-electron chi connectivity index (χ0n) is 13.9. The number of hydrogen-bond acceptors (Lipinski definition) is 4. The van der Waals surface area contributed by atoms with E-state index in [9.17, 15) is 13.2 Å². The van der Waals surface area contributed by atoms with Crippen molar-refractivity contribution in [3.05, 3.63) is 41.6 Å². The fraction of sp³-hybridized carbons (Fsp3) is 0.444. The van der Waals surface area contributed by atoms with Crippen LogP contribution in [0.25, 0.3) is 10.9 Å². The summed E-state index contributed by atoms with van der Waals surface area (Å²) in [5, 5.41) is 5.43. The van der Waals surface area contributed by atoms with Crippen molar-refractivity contribution in [1.29, 1.82) is 0 Å². The van der Waals surface area contributed by atoms with Crippen molar-refractivity contribution in [2.24, 2.45) is 5.14 Å². The molecule has 4 rings (SSSR count). The van der Waals surface area contributed by atoms with Crippen LogP contribution in [-0.2, 0) is 10.0 Å². The minimum absolute atomic E-state index is 0.131. The number of amides is 1. The van der Waals surface area contributed by atoms with Crippen LogP contribution in [0.15, 0.2) is 30.3 Å². The van der Waals surface area contributed by atoms with Gasteiger partial charge in [0.15, 0.2) is 0 Å². The molecule has 2 fully saturated rings. The molecule has 132 valence electrons. The minimum Gasteiger partial charge on any atom is -0.337 e. The van der Waals surface area contributed by atoms with E-state index in [0.717, 1.165) is 29.4 Å². The molecule has 7 heteroatoms. The van der Waals surface area contributed by atoms with Crippen LogP contribution < -0.4 is 5.14 Å². The molecule has 0 spiro atoms. The first-order valence-electron chi connectivity index (χ1n) is 8.64. The average molecular weight is 359 g/mol. The van der Waals surface area contributed by atoms with Crippen LogP contribution in [0.4, 0.5) is 0 Å². The van der Waals surface area contributed by atoms with Gasteiger partial charge in [0.2, 0.25) is 10.0 Å². The third kappa shape index (κ3) is 3.26. The van der Waals surface area contributed by atoms with Crippen LogP contribution in [-0.4, -0.2) is 42.5 Å². The lowest BCUT2D eigenvalue weighted by atomic mass is 10.0. The number of rotatable bonds is 3. The van der Waals surface area contributed by atoms with E-state index >= 15 is 0 Å². The summed E-state index contributed by atoms with van der Waals surface area (Å²) in [5.41, 5.74) is 2.39. The number of fused-ring (bicyclic) bond motifs is 1. The fourth-order valence-corrected chi connectivity index (χ4v) is 4.41. The van der Waals surface area contributed by atoms with Crippen molar-refractivity contribution in [3.63, 3.8) is 0 Å². The maximum atomic E-state index is 13.1. The molecule has 25 heavy (non-hydrogen) atoms. The molecule has 1 saturated heterocycles. The summed E-state index contributed by atoms with van der Waals surface area (Å²) in [4.78, 5) is 19.5. The van der Waals surface area contributed by atoms with Crippen LogP contribution in [0.1, 0.15) is 47.7 Å². The van der Waals surface area contributed by atoms with Gasteiger partial charge in [-0.3, -0.25) is 9.78 Å². The summed E-state index contributed by atoms with van der Waals surface area (Å²) in [5.74, 6) is 0.309. The topological polar surface area (TPSA) is 93.4 Å². The standard InChI is InChI=1S/C18H21N3O3S/c19-25(23,24)13-4-3-9-21(11-13)18(22)15-10-17(12-7-8-12)20-16-6-2-1-5-14(15)16/h1-2,5-6,10,12-13H,3-4,7-9,11H2,(H2,19,23,24). The van der Waals surface area contributed by atoms with Crippen molar-refractivity contribution in [2.75, 3.05) is 13.1 Å². The maximum Gasteiger partial charge on any atom is 0.254 e. The molecule has 1 aromatic heterocycles. The number of hydrogen-bond donors (Lipinski definition) is 1. The van der Waals surface area contributed by atoms with Crippen LogP contribution in [0, 0.1) is 0 Å². The molecule has 1 unspecified atom stereocenters. The molecular weight excluding hydrogens is 338 g/mol. The second-order valence-corrected chi connectivity index (χ2v) is 8.84. The van der Waals surface area contributed by atoms with Crippen molar-refractivity contribution in [1.82, 2.24) is 9.88 Å². The Morgan fingerprint density at radius 2 is 1.96 bits per heavy atom. The summed E-state index contributed by atoms with van der Waals surface area (Å²) in [7, 11) is -3.63. The Bertz CT molecular complexity index is 938. The predicted octanol–water partition coefficient (Wildman–Crippen LogP) is 2.01. The molecule has 2 aliphatic rings. The number of likely N-dealkylation sites (tertiary alicyclic amines) is 1. The highest BCUT2D eigenvalue weighted by Gasteiger charge is 2.32. The van der Waals surface area contributed by atoms with Gasteiger partial charge in [0, 0.05) is 30.1 Å². The molecule has 6 nitrogen and oxygen atoms in total. The number of nitrogens with zero attached hydrogens (tertiary/aromatic N) is 2. The van der Waals surface area contributed by atoms with E-state index in [-0.39, 0.29) is 12.5 Å². The molecule has 2 N–H and O–H groups in total. The van der Waals surface area contributed by atoms with Gasteiger partial charge in [-0.15, -0.1) is 0 Å². The van der Waals surface area contributed by atoms with Gasteiger partial charge in [-0.1, -0.05) is 18.2 Å². The number of nitrogens with two attached hydrogens (primary N) is 1. The Kier molecular flexibility index (Phi) is 4.00. The Balaban J connectivity index is 1.72. The third-order valence-corrected chi connectivity index (χ3v) is 6.41. The van der Waals surface area contributed by atoms with Gasteiger partial charge in [-0.05, 0) is 37.8 Å². The molecule has 1 aliphatic carbocycles. The van der Waals surface area contributed by atoms with Gasteiger partial charge in [0.1, 0.15) is 0 Å². The SMILES string of the molecule is NS(=O)(=O)C1CCCN(C(=O)c2cc(C3CC3)nc3ccccc23)C1. The molecule has 1 amide bonds. The Morgan fingerprint density at radius 3 is 2.68 bits per heavy atom. The van der Waals surface area contributed by atoms with Crippen LogP contribution in [0.5, 0.6) is 0 Å². The second-order valence-electron chi connectivity index (χ2n) is 6.99. The van der Waals surface area contributed by atoms with E-state index in [1.54, 1.807) is 4.90 Å². The number of para-hydroxylation sites is 1. The number of carbonyl (C=O) groups is 1. The van der Waals surface area contributed by atoms with Gasteiger partial charge in [0.05, 0.1) is 16.3 Å². The van der Waals surface area contributed by atoms with E-state index in [1.165, 1.54) is 0 Å². The molecule has 1 atom stereocenters. The van der Waals surface area contributed by atoms with Crippen LogP contribution in [0.2, 0.25) is 0 Å². The maximum absolute atomic E-state index is 13.1. The van der Waals surface area contributed by atoms with Crippen molar-refractivity contribution >= 4 is 26.8 Å². The first-order chi connectivity index (χ1) is 11.9. The lowest BCUT2D eigenvalue weighted by molar-refractivity contribution is 0.0729. The molecular formula is C18H21N3O3S. The van der Waals surface area contributed by atoms with E-state index in [4.69, 9.17) is 10.1 Å². The van der Waals surface area contributed by atoms with Crippen molar-refractivity contribution < 1.29 is 13.2 Å². The lowest BCUT2D eigenvalue weighted by Gasteiger charge is -2.32. The highest BCUT2D eigenvalue weighted by molar-refractivity contribution is 7.89. The monoisotopic (exact) mass is 359 g/mol.